The topological polar surface area (TPSA) is 66.0 Å². The Bertz CT molecular complexity index is 403. The van der Waals surface area contributed by atoms with Gasteiger partial charge in [-0.25, -0.2) is 4.68 Å². The SMILES string of the molecule is NCCc1cn(C2CCOC3(CCSC3)C2)nn1. The number of hydrogen-bond donors (Lipinski definition) is 1. The van der Waals surface area contributed by atoms with Crippen molar-refractivity contribution < 1.29 is 4.74 Å². The molecule has 0 radical (unpaired) electrons. The Kier molecular flexibility index (Phi) is 3.59. The standard InChI is InChI=1S/C12H20N4OS/c13-4-1-10-8-16(15-14-10)11-2-5-17-12(7-11)3-6-18-9-12/h8,11H,1-7,9,13H2. The van der Waals surface area contributed by atoms with Crippen LogP contribution in [0.15, 0.2) is 6.20 Å². The lowest BCUT2D eigenvalue weighted by molar-refractivity contribution is -0.0780. The first-order valence-corrected chi connectivity index (χ1v) is 7.79. The monoisotopic (exact) mass is 268 g/mol. The molecule has 0 aliphatic carbocycles. The molecule has 18 heavy (non-hydrogen) atoms. The lowest BCUT2D eigenvalue weighted by atomic mass is 9.90. The fourth-order valence-electron chi connectivity index (χ4n) is 2.85. The maximum absolute atomic E-state index is 6.03. The number of nitrogens with zero attached hydrogens (tertiary/aromatic N) is 3. The number of aromatic nitrogens is 3. The van der Waals surface area contributed by atoms with Crippen molar-refractivity contribution in [3.8, 4) is 0 Å². The quantitative estimate of drug-likeness (QED) is 0.886. The van der Waals surface area contributed by atoms with Crippen LogP contribution in [0.1, 0.15) is 31.0 Å². The molecule has 1 spiro atoms. The van der Waals surface area contributed by atoms with E-state index in [1.165, 1.54) is 12.2 Å². The fourth-order valence-corrected chi connectivity index (χ4v) is 4.22. The van der Waals surface area contributed by atoms with Crippen LogP contribution in [0.3, 0.4) is 0 Å². The van der Waals surface area contributed by atoms with Crippen molar-refractivity contribution in [3.05, 3.63) is 11.9 Å². The van der Waals surface area contributed by atoms with Gasteiger partial charge in [0.05, 0.1) is 17.3 Å². The minimum atomic E-state index is 0.105. The molecule has 3 heterocycles. The van der Waals surface area contributed by atoms with Crippen LogP contribution in [0.2, 0.25) is 0 Å². The van der Waals surface area contributed by atoms with E-state index in [9.17, 15) is 0 Å². The highest BCUT2D eigenvalue weighted by molar-refractivity contribution is 7.99. The normalized spacial score (nSPS) is 32.2. The first kappa shape index (κ1) is 12.4. The molecule has 0 bridgehead atoms. The second-order valence-electron chi connectivity index (χ2n) is 5.21. The third kappa shape index (κ3) is 2.41. The molecule has 2 aliphatic heterocycles. The molecule has 0 saturated carbocycles. The van der Waals surface area contributed by atoms with E-state index in [0.717, 1.165) is 37.3 Å². The van der Waals surface area contributed by atoms with E-state index >= 15 is 0 Å². The van der Waals surface area contributed by atoms with Crippen LogP contribution in [0.5, 0.6) is 0 Å². The molecule has 2 saturated heterocycles. The molecule has 0 aromatic carbocycles. The summed E-state index contributed by atoms with van der Waals surface area (Å²) in [7, 11) is 0. The van der Waals surface area contributed by atoms with Gasteiger partial charge < -0.3 is 10.5 Å². The van der Waals surface area contributed by atoms with Crippen LogP contribution in [0, 0.1) is 0 Å². The highest BCUT2D eigenvalue weighted by atomic mass is 32.2. The average Bonchev–Trinajstić information content (AvgIpc) is 3.00. The van der Waals surface area contributed by atoms with Crippen LogP contribution in [0.25, 0.3) is 0 Å². The lowest BCUT2D eigenvalue weighted by Gasteiger charge is -2.37. The summed E-state index contributed by atoms with van der Waals surface area (Å²) in [4.78, 5) is 0. The van der Waals surface area contributed by atoms with Crippen molar-refractivity contribution in [2.24, 2.45) is 5.73 Å². The molecular formula is C12H20N4OS. The molecule has 2 unspecified atom stereocenters. The van der Waals surface area contributed by atoms with Crippen LogP contribution in [-0.2, 0) is 11.2 Å². The second-order valence-corrected chi connectivity index (χ2v) is 6.31. The van der Waals surface area contributed by atoms with Gasteiger partial charge in [-0.15, -0.1) is 5.10 Å². The molecule has 0 amide bonds. The van der Waals surface area contributed by atoms with Gasteiger partial charge >= 0.3 is 0 Å². The minimum Gasteiger partial charge on any atom is -0.374 e. The lowest BCUT2D eigenvalue weighted by Crippen LogP contribution is -2.40. The summed E-state index contributed by atoms with van der Waals surface area (Å²) in [6.07, 6.45) is 6.16. The van der Waals surface area contributed by atoms with Crippen molar-refractivity contribution in [2.45, 2.75) is 37.3 Å². The van der Waals surface area contributed by atoms with Gasteiger partial charge in [0, 0.05) is 25.0 Å². The van der Waals surface area contributed by atoms with Gasteiger partial charge in [-0.2, -0.15) is 11.8 Å². The van der Waals surface area contributed by atoms with Crippen LogP contribution in [-0.4, -0.2) is 45.3 Å². The predicted octanol–water partition coefficient (Wildman–Crippen LogP) is 1.01. The summed E-state index contributed by atoms with van der Waals surface area (Å²) in [5, 5.41) is 8.44. The molecular weight excluding hydrogens is 248 g/mol. The fraction of sp³-hybridized carbons (Fsp3) is 0.833. The van der Waals surface area contributed by atoms with Crippen molar-refractivity contribution in [1.29, 1.82) is 0 Å². The maximum atomic E-state index is 6.03. The first-order chi connectivity index (χ1) is 8.81. The Morgan fingerprint density at radius 1 is 1.61 bits per heavy atom. The highest BCUT2D eigenvalue weighted by Gasteiger charge is 2.41. The summed E-state index contributed by atoms with van der Waals surface area (Å²) in [5.41, 5.74) is 6.65. The zero-order valence-corrected chi connectivity index (χ0v) is 11.4. The van der Waals surface area contributed by atoms with E-state index in [4.69, 9.17) is 10.5 Å². The summed E-state index contributed by atoms with van der Waals surface area (Å²) < 4.78 is 8.06. The Labute approximate surface area is 111 Å². The second kappa shape index (κ2) is 5.19. The Morgan fingerprint density at radius 2 is 2.56 bits per heavy atom. The molecule has 2 atom stereocenters. The van der Waals surface area contributed by atoms with Crippen LogP contribution >= 0.6 is 11.8 Å². The van der Waals surface area contributed by atoms with Gasteiger partial charge in [0.15, 0.2) is 0 Å². The molecule has 2 N–H and O–H groups in total. The van der Waals surface area contributed by atoms with Crippen molar-refractivity contribution >= 4 is 11.8 Å². The maximum Gasteiger partial charge on any atom is 0.0839 e. The smallest absolute Gasteiger partial charge is 0.0839 e. The van der Waals surface area contributed by atoms with Crippen molar-refractivity contribution in [3.63, 3.8) is 0 Å². The zero-order chi connectivity index (χ0) is 12.4. The molecule has 100 valence electrons. The average molecular weight is 268 g/mol. The predicted molar refractivity (Wildman–Crippen MR) is 71.7 cm³/mol. The number of rotatable bonds is 3. The Balaban J connectivity index is 1.71. The van der Waals surface area contributed by atoms with Gasteiger partial charge in [-0.3, -0.25) is 0 Å². The Hall–Kier alpha value is -0.590. The molecule has 2 aliphatic rings. The van der Waals surface area contributed by atoms with E-state index in [-0.39, 0.29) is 5.60 Å². The number of ether oxygens (including phenoxy) is 1. The minimum absolute atomic E-state index is 0.105. The van der Waals surface area contributed by atoms with Gasteiger partial charge in [-0.1, -0.05) is 5.21 Å². The summed E-state index contributed by atoms with van der Waals surface area (Å²) in [6, 6.07) is 0.441. The van der Waals surface area contributed by atoms with Gasteiger partial charge in [-0.05, 0) is 31.6 Å². The first-order valence-electron chi connectivity index (χ1n) is 6.64. The molecule has 5 nitrogen and oxygen atoms in total. The molecule has 1 aromatic heterocycles. The number of thioether (sulfide) groups is 1. The van der Waals surface area contributed by atoms with E-state index in [0.29, 0.717) is 12.6 Å². The third-order valence-corrected chi connectivity index (χ3v) is 5.09. The van der Waals surface area contributed by atoms with Crippen molar-refractivity contribution in [2.75, 3.05) is 24.7 Å². The van der Waals surface area contributed by atoms with Crippen LogP contribution in [0.4, 0.5) is 0 Å². The summed E-state index contributed by atoms with van der Waals surface area (Å²) >= 11 is 2.00. The Morgan fingerprint density at radius 3 is 3.33 bits per heavy atom. The number of nitrogens with two attached hydrogens (primary N) is 1. The molecule has 2 fully saturated rings. The largest absolute Gasteiger partial charge is 0.374 e. The van der Waals surface area contributed by atoms with E-state index in [1.54, 1.807) is 0 Å². The van der Waals surface area contributed by atoms with E-state index in [1.807, 2.05) is 16.4 Å². The number of hydrogen-bond acceptors (Lipinski definition) is 5. The van der Waals surface area contributed by atoms with E-state index < -0.39 is 0 Å². The summed E-state index contributed by atoms with van der Waals surface area (Å²) in [5.74, 6) is 2.36. The molecule has 3 rings (SSSR count). The van der Waals surface area contributed by atoms with Gasteiger partial charge in [0.25, 0.3) is 0 Å². The zero-order valence-electron chi connectivity index (χ0n) is 10.5. The van der Waals surface area contributed by atoms with Gasteiger partial charge in [0.2, 0.25) is 0 Å². The molecule has 6 heteroatoms. The third-order valence-electron chi connectivity index (χ3n) is 3.87. The summed E-state index contributed by atoms with van der Waals surface area (Å²) in [6.45, 7) is 1.48. The van der Waals surface area contributed by atoms with Crippen LogP contribution < -0.4 is 5.73 Å². The highest BCUT2D eigenvalue weighted by Crippen LogP contribution is 2.41. The van der Waals surface area contributed by atoms with Gasteiger partial charge in [0.1, 0.15) is 0 Å². The van der Waals surface area contributed by atoms with Crippen molar-refractivity contribution in [1.82, 2.24) is 15.0 Å². The van der Waals surface area contributed by atoms with E-state index in [2.05, 4.69) is 16.5 Å². The molecule has 1 aromatic rings.